The normalized spacial score (nSPS) is 12.6. The maximum Gasteiger partial charge on any atom is 0.332 e. The molecular weight excluding hydrogens is 335 g/mol. The second-order valence-corrected chi connectivity index (χ2v) is 7.63. The van der Waals surface area contributed by atoms with E-state index in [0.29, 0.717) is 6.42 Å². The Hall–Kier alpha value is -0.470. The van der Waals surface area contributed by atoms with Crippen molar-refractivity contribution in [2.75, 3.05) is 5.75 Å². The fourth-order valence-electron chi connectivity index (χ4n) is 1.25. The number of hydrogen-bond donors (Lipinski definition) is 0. The highest BCUT2D eigenvalue weighted by atomic mass is 79.9. The van der Waals surface area contributed by atoms with Crippen LogP contribution in [0.1, 0.15) is 13.3 Å². The molecule has 1 rings (SSSR count). The van der Waals surface area contributed by atoms with Crippen LogP contribution in [0.3, 0.4) is 0 Å². The van der Waals surface area contributed by atoms with Gasteiger partial charge >= 0.3 is 10.2 Å². The molecule has 4 nitrogen and oxygen atoms in total. The molecule has 0 amide bonds. The van der Waals surface area contributed by atoms with Gasteiger partial charge in [-0.25, -0.2) is 8.42 Å². The van der Waals surface area contributed by atoms with Gasteiger partial charge in [-0.3, -0.25) is 0 Å². The molecule has 1 aromatic rings. The second kappa shape index (κ2) is 5.03. The number of rotatable bonds is 4. The summed E-state index contributed by atoms with van der Waals surface area (Å²) in [6.07, 6.45) is 0.390. The van der Waals surface area contributed by atoms with E-state index in [1.807, 2.05) is 0 Å². The molecule has 0 bridgehead atoms. The van der Waals surface area contributed by atoms with Gasteiger partial charge in [0.05, 0.1) is 15.5 Å². The van der Waals surface area contributed by atoms with Gasteiger partial charge in [0.15, 0.2) is 9.84 Å². The lowest BCUT2D eigenvalue weighted by atomic mass is 10.4. The summed E-state index contributed by atoms with van der Waals surface area (Å²) in [6.45, 7) is 1.68. The molecule has 0 fully saturated rings. The smallest absolute Gasteiger partial charge is 0.224 e. The summed E-state index contributed by atoms with van der Waals surface area (Å²) in [7, 11) is -8.50. The first-order valence-electron chi connectivity index (χ1n) is 4.65. The zero-order chi connectivity index (χ0) is 13.3. The van der Waals surface area contributed by atoms with Crippen LogP contribution in [-0.4, -0.2) is 22.6 Å². The van der Waals surface area contributed by atoms with Crippen molar-refractivity contribution in [3.63, 3.8) is 0 Å². The minimum Gasteiger partial charge on any atom is -0.224 e. The largest absolute Gasteiger partial charge is 0.332 e. The van der Waals surface area contributed by atoms with Gasteiger partial charge in [-0.05, 0) is 40.5 Å². The summed E-state index contributed by atoms with van der Waals surface area (Å²) < 4.78 is 58.0. The Morgan fingerprint density at radius 1 is 1.24 bits per heavy atom. The molecule has 1 aromatic carbocycles. The van der Waals surface area contributed by atoms with Crippen LogP contribution >= 0.6 is 15.9 Å². The minimum absolute atomic E-state index is 0.124. The van der Waals surface area contributed by atoms with E-state index < -0.39 is 25.0 Å². The molecule has 0 saturated heterocycles. The Labute approximate surface area is 108 Å². The van der Waals surface area contributed by atoms with Crippen molar-refractivity contribution >= 4 is 36.0 Å². The van der Waals surface area contributed by atoms with Gasteiger partial charge in [0, 0.05) is 4.47 Å². The average molecular weight is 345 g/mol. The molecular formula is C9H10BrFO4S2. The van der Waals surface area contributed by atoms with Crippen LogP contribution < -0.4 is 0 Å². The molecule has 0 saturated carbocycles. The van der Waals surface area contributed by atoms with E-state index in [-0.39, 0.29) is 15.1 Å². The summed E-state index contributed by atoms with van der Waals surface area (Å²) in [5, 5.41) is 0. The average Bonchev–Trinajstić information content (AvgIpc) is 2.15. The van der Waals surface area contributed by atoms with E-state index in [1.165, 1.54) is 6.07 Å². The van der Waals surface area contributed by atoms with Gasteiger partial charge in [0.25, 0.3) is 0 Å². The molecule has 0 unspecified atom stereocenters. The highest BCUT2D eigenvalue weighted by Crippen LogP contribution is 2.27. The van der Waals surface area contributed by atoms with Gasteiger partial charge in [-0.15, -0.1) is 3.89 Å². The van der Waals surface area contributed by atoms with Crippen LogP contribution in [0.5, 0.6) is 0 Å². The Bertz CT molecular complexity index is 622. The lowest BCUT2D eigenvalue weighted by Crippen LogP contribution is -2.07. The SMILES string of the molecule is CCCS(=O)(=O)c1cc(S(=O)(=O)F)ccc1Br. The molecule has 0 heterocycles. The number of benzene rings is 1. The summed E-state index contributed by atoms with van der Waals surface area (Å²) >= 11 is 3.01. The van der Waals surface area contributed by atoms with Crippen molar-refractivity contribution in [2.24, 2.45) is 0 Å². The fourth-order valence-corrected chi connectivity index (χ4v) is 4.23. The summed E-state index contributed by atoms with van der Waals surface area (Å²) in [5.74, 6) is -0.124. The van der Waals surface area contributed by atoms with Gasteiger partial charge < -0.3 is 0 Å². The van der Waals surface area contributed by atoms with Crippen LogP contribution in [0.15, 0.2) is 32.5 Å². The first-order valence-corrected chi connectivity index (χ1v) is 8.48. The van der Waals surface area contributed by atoms with Crippen LogP contribution in [-0.2, 0) is 20.1 Å². The highest BCUT2D eigenvalue weighted by Gasteiger charge is 2.21. The Morgan fingerprint density at radius 3 is 2.29 bits per heavy atom. The molecule has 0 aromatic heterocycles. The van der Waals surface area contributed by atoms with E-state index in [0.717, 1.165) is 12.1 Å². The van der Waals surface area contributed by atoms with Gasteiger partial charge in [0.2, 0.25) is 0 Å². The first kappa shape index (κ1) is 14.6. The first-order chi connectivity index (χ1) is 7.68. The zero-order valence-corrected chi connectivity index (χ0v) is 12.1. The van der Waals surface area contributed by atoms with E-state index in [1.54, 1.807) is 6.92 Å². The molecule has 17 heavy (non-hydrogen) atoms. The quantitative estimate of drug-likeness (QED) is 0.786. The maximum absolute atomic E-state index is 12.8. The number of hydrogen-bond acceptors (Lipinski definition) is 4. The second-order valence-electron chi connectivity index (χ2n) is 3.35. The van der Waals surface area contributed by atoms with E-state index >= 15 is 0 Å². The molecule has 0 spiro atoms. The lowest BCUT2D eigenvalue weighted by molar-refractivity contribution is 0.551. The van der Waals surface area contributed by atoms with Crippen molar-refractivity contribution in [3.8, 4) is 0 Å². The third kappa shape index (κ3) is 3.49. The van der Waals surface area contributed by atoms with Gasteiger partial charge in [-0.1, -0.05) is 6.92 Å². The third-order valence-electron chi connectivity index (χ3n) is 1.99. The number of sulfone groups is 1. The van der Waals surface area contributed by atoms with Crippen molar-refractivity contribution in [1.29, 1.82) is 0 Å². The predicted molar refractivity (Wildman–Crippen MR) is 64.8 cm³/mol. The van der Waals surface area contributed by atoms with Crippen LogP contribution in [0.2, 0.25) is 0 Å². The monoisotopic (exact) mass is 344 g/mol. The highest BCUT2D eigenvalue weighted by molar-refractivity contribution is 9.10. The van der Waals surface area contributed by atoms with Crippen molar-refractivity contribution in [2.45, 2.75) is 23.1 Å². The van der Waals surface area contributed by atoms with Crippen molar-refractivity contribution in [1.82, 2.24) is 0 Å². The van der Waals surface area contributed by atoms with Crippen molar-refractivity contribution in [3.05, 3.63) is 22.7 Å². The van der Waals surface area contributed by atoms with Gasteiger partial charge in [0.1, 0.15) is 0 Å². The molecule has 0 radical (unpaired) electrons. The molecule has 0 N–H and O–H groups in total. The van der Waals surface area contributed by atoms with Crippen LogP contribution in [0, 0.1) is 0 Å². The molecule has 0 aliphatic rings. The predicted octanol–water partition coefficient (Wildman–Crippen LogP) is 2.29. The fraction of sp³-hybridized carbons (Fsp3) is 0.333. The zero-order valence-electron chi connectivity index (χ0n) is 8.85. The number of halogens is 2. The minimum atomic E-state index is -4.90. The third-order valence-corrected chi connectivity index (χ3v) is 5.72. The van der Waals surface area contributed by atoms with Crippen LogP contribution in [0.25, 0.3) is 0 Å². The molecule has 0 aliphatic carbocycles. The Morgan fingerprint density at radius 2 is 1.82 bits per heavy atom. The molecule has 96 valence electrons. The molecule has 8 heteroatoms. The van der Waals surface area contributed by atoms with Crippen molar-refractivity contribution < 1.29 is 20.7 Å². The Balaban J connectivity index is 3.45. The van der Waals surface area contributed by atoms with Crippen LogP contribution in [0.4, 0.5) is 3.89 Å². The van der Waals surface area contributed by atoms with Gasteiger partial charge in [-0.2, -0.15) is 8.42 Å². The molecule has 0 atom stereocenters. The van der Waals surface area contributed by atoms with E-state index in [2.05, 4.69) is 15.9 Å². The maximum atomic E-state index is 12.8. The molecule has 0 aliphatic heterocycles. The summed E-state index contributed by atoms with van der Waals surface area (Å²) in [4.78, 5) is -0.867. The summed E-state index contributed by atoms with van der Waals surface area (Å²) in [6, 6.07) is 3.03. The van der Waals surface area contributed by atoms with E-state index in [4.69, 9.17) is 0 Å². The van der Waals surface area contributed by atoms with E-state index in [9.17, 15) is 20.7 Å². The topological polar surface area (TPSA) is 68.3 Å². The summed E-state index contributed by atoms with van der Waals surface area (Å²) in [5.41, 5.74) is 0. The Kier molecular flexibility index (Phi) is 4.32. The standard InChI is InChI=1S/C9H10BrFO4S2/c1-2-5-16(12,13)9-6-7(17(11,14)15)3-4-8(9)10/h3-4,6H,2,5H2,1H3. The lowest BCUT2D eigenvalue weighted by Gasteiger charge is -2.06.